The molecule has 2 rings (SSSR count). The maximum Gasteiger partial charge on any atom is 0.318 e. The highest BCUT2D eigenvalue weighted by Crippen LogP contribution is 2.19. The number of nitrogens with zero attached hydrogens (tertiary/aromatic N) is 1. The van der Waals surface area contributed by atoms with Crippen molar-refractivity contribution >= 4 is 15.9 Å². The van der Waals surface area contributed by atoms with Gasteiger partial charge in [0, 0.05) is 12.6 Å². The third kappa shape index (κ3) is 3.97. The third-order valence-electron chi connectivity index (χ3n) is 3.89. The zero-order chi connectivity index (χ0) is 15.5. The fourth-order valence-electron chi connectivity index (χ4n) is 2.68. The summed E-state index contributed by atoms with van der Waals surface area (Å²) in [6, 6.07) is 9.20. The monoisotopic (exact) mass is 310 g/mol. The van der Waals surface area contributed by atoms with Gasteiger partial charge in [0.05, 0.1) is 17.5 Å². The van der Waals surface area contributed by atoms with Crippen molar-refractivity contribution in [2.24, 2.45) is 0 Å². The lowest BCUT2D eigenvalue weighted by Crippen LogP contribution is -2.47. The topological polar surface area (TPSA) is 66.5 Å². The molecule has 5 nitrogen and oxygen atoms in total. The van der Waals surface area contributed by atoms with E-state index in [0.29, 0.717) is 13.0 Å². The summed E-state index contributed by atoms with van der Waals surface area (Å²) in [6.07, 6.45) is 0.531. The summed E-state index contributed by atoms with van der Waals surface area (Å²) in [4.78, 5) is 14.0. The van der Waals surface area contributed by atoms with Crippen molar-refractivity contribution in [2.75, 3.05) is 18.1 Å². The number of carbonyl (C=O) groups excluding carboxylic acids is 1. The van der Waals surface area contributed by atoms with Gasteiger partial charge in [-0.3, -0.25) is 0 Å². The number of hydrogen-bond donors (Lipinski definition) is 1. The molecule has 0 bridgehead atoms. The minimum atomic E-state index is -2.99. The van der Waals surface area contributed by atoms with E-state index >= 15 is 0 Å². The summed E-state index contributed by atoms with van der Waals surface area (Å²) in [6.45, 7) is 4.30. The summed E-state index contributed by atoms with van der Waals surface area (Å²) in [5.74, 6) is 0.254. The van der Waals surface area contributed by atoms with Crippen LogP contribution in [0.5, 0.6) is 0 Å². The molecule has 0 saturated carbocycles. The molecule has 1 aromatic rings. The zero-order valence-corrected chi connectivity index (χ0v) is 13.3. The van der Waals surface area contributed by atoms with Crippen molar-refractivity contribution in [1.29, 1.82) is 0 Å². The Hall–Kier alpha value is -1.56. The Bertz CT molecular complexity index is 586. The van der Waals surface area contributed by atoms with E-state index < -0.39 is 9.84 Å². The molecule has 21 heavy (non-hydrogen) atoms. The van der Waals surface area contributed by atoms with Gasteiger partial charge in [-0.05, 0) is 25.8 Å². The predicted octanol–water partition coefficient (Wildman–Crippen LogP) is 1.97. The number of carbonyl (C=O) groups is 1. The number of hydrogen-bond acceptors (Lipinski definition) is 3. The van der Waals surface area contributed by atoms with Gasteiger partial charge in [-0.25, -0.2) is 13.2 Å². The van der Waals surface area contributed by atoms with Crippen molar-refractivity contribution in [3.8, 4) is 0 Å². The lowest BCUT2D eigenvalue weighted by Gasteiger charge is -2.28. The second-order valence-corrected chi connectivity index (χ2v) is 7.65. The summed E-state index contributed by atoms with van der Waals surface area (Å²) in [5.41, 5.74) is 1.03. The molecule has 1 aliphatic heterocycles. The number of rotatable bonds is 4. The Kier molecular flexibility index (Phi) is 4.88. The molecular formula is C15H22N2O3S. The van der Waals surface area contributed by atoms with Crippen LogP contribution in [0, 0.1) is 0 Å². The van der Waals surface area contributed by atoms with Gasteiger partial charge in [-0.1, -0.05) is 30.3 Å². The third-order valence-corrected chi connectivity index (χ3v) is 5.64. The van der Waals surface area contributed by atoms with Crippen LogP contribution in [0.15, 0.2) is 30.3 Å². The molecule has 2 atom stereocenters. The van der Waals surface area contributed by atoms with E-state index in [2.05, 4.69) is 5.32 Å². The fourth-order valence-corrected chi connectivity index (χ4v) is 4.41. The molecule has 1 aliphatic rings. The smallest absolute Gasteiger partial charge is 0.318 e. The maximum atomic E-state index is 12.4. The van der Waals surface area contributed by atoms with E-state index in [4.69, 9.17) is 0 Å². The number of sulfone groups is 1. The van der Waals surface area contributed by atoms with Crippen molar-refractivity contribution < 1.29 is 13.2 Å². The minimum Gasteiger partial charge on any atom is -0.331 e. The van der Waals surface area contributed by atoms with Gasteiger partial charge in [-0.2, -0.15) is 0 Å². The second kappa shape index (κ2) is 6.47. The number of benzene rings is 1. The average Bonchev–Trinajstić information content (AvgIpc) is 2.80. The van der Waals surface area contributed by atoms with Gasteiger partial charge in [0.25, 0.3) is 0 Å². The van der Waals surface area contributed by atoms with Crippen molar-refractivity contribution in [3.63, 3.8) is 0 Å². The van der Waals surface area contributed by atoms with Gasteiger partial charge in [0.1, 0.15) is 0 Å². The summed E-state index contributed by atoms with van der Waals surface area (Å²) >= 11 is 0. The zero-order valence-electron chi connectivity index (χ0n) is 12.5. The Labute approximate surface area is 126 Å². The van der Waals surface area contributed by atoms with Crippen LogP contribution in [0.2, 0.25) is 0 Å². The molecule has 0 spiro atoms. The Morgan fingerprint density at radius 3 is 2.57 bits per heavy atom. The Morgan fingerprint density at radius 2 is 2.05 bits per heavy atom. The summed E-state index contributed by atoms with van der Waals surface area (Å²) < 4.78 is 23.1. The first-order chi connectivity index (χ1) is 9.93. The van der Waals surface area contributed by atoms with Crippen LogP contribution in [0.1, 0.15) is 31.9 Å². The van der Waals surface area contributed by atoms with E-state index in [9.17, 15) is 13.2 Å². The highest BCUT2D eigenvalue weighted by atomic mass is 32.2. The van der Waals surface area contributed by atoms with E-state index in [0.717, 1.165) is 5.56 Å². The lowest BCUT2D eigenvalue weighted by molar-refractivity contribution is 0.180. The molecule has 2 amide bonds. The van der Waals surface area contributed by atoms with Crippen LogP contribution in [-0.4, -0.2) is 43.4 Å². The fraction of sp³-hybridized carbons (Fsp3) is 0.533. The van der Waals surface area contributed by atoms with Crippen molar-refractivity contribution in [2.45, 2.75) is 32.4 Å². The minimum absolute atomic E-state index is 0.0774. The van der Waals surface area contributed by atoms with Crippen LogP contribution in [0.4, 0.5) is 4.79 Å². The molecule has 1 heterocycles. The Morgan fingerprint density at radius 1 is 1.38 bits per heavy atom. The van der Waals surface area contributed by atoms with E-state index in [1.165, 1.54) is 0 Å². The van der Waals surface area contributed by atoms with Gasteiger partial charge in [0.2, 0.25) is 0 Å². The highest BCUT2D eigenvalue weighted by molar-refractivity contribution is 7.91. The largest absolute Gasteiger partial charge is 0.331 e. The molecule has 116 valence electrons. The van der Waals surface area contributed by atoms with Crippen molar-refractivity contribution in [1.82, 2.24) is 10.2 Å². The van der Waals surface area contributed by atoms with Gasteiger partial charge >= 0.3 is 6.03 Å². The molecule has 1 aromatic carbocycles. The molecule has 0 aromatic heterocycles. The summed E-state index contributed by atoms with van der Waals surface area (Å²) in [5, 5.41) is 2.94. The van der Waals surface area contributed by atoms with Crippen LogP contribution in [0.25, 0.3) is 0 Å². The Balaban J connectivity index is 2.01. The molecule has 0 aliphatic carbocycles. The van der Waals surface area contributed by atoms with Crippen LogP contribution >= 0.6 is 0 Å². The molecule has 1 N–H and O–H groups in total. The van der Waals surface area contributed by atoms with E-state index in [1.54, 1.807) is 4.90 Å². The molecular weight excluding hydrogens is 288 g/mol. The maximum absolute atomic E-state index is 12.4. The number of nitrogens with one attached hydrogen (secondary N) is 1. The molecule has 2 unspecified atom stereocenters. The quantitative estimate of drug-likeness (QED) is 0.924. The van der Waals surface area contributed by atoms with Crippen molar-refractivity contribution in [3.05, 3.63) is 35.9 Å². The molecule has 1 saturated heterocycles. The van der Waals surface area contributed by atoms with Crippen LogP contribution in [-0.2, 0) is 9.84 Å². The van der Waals surface area contributed by atoms with Gasteiger partial charge in [-0.15, -0.1) is 0 Å². The molecule has 6 heteroatoms. The van der Waals surface area contributed by atoms with Gasteiger partial charge < -0.3 is 10.2 Å². The normalized spacial score (nSPS) is 21.7. The second-order valence-electron chi connectivity index (χ2n) is 5.42. The lowest BCUT2D eigenvalue weighted by atomic mass is 10.1. The summed E-state index contributed by atoms with van der Waals surface area (Å²) in [7, 11) is -2.99. The molecule has 1 fully saturated rings. The highest BCUT2D eigenvalue weighted by Gasteiger charge is 2.34. The molecule has 0 radical (unpaired) electrons. The van der Waals surface area contributed by atoms with E-state index in [1.807, 2.05) is 44.2 Å². The number of amides is 2. The standard InChI is InChI=1S/C15H22N2O3S/c1-3-17(14-9-10-21(19,20)11-14)15(18)16-12(2)13-7-5-4-6-8-13/h4-8,12,14H,3,9-11H2,1-2H3,(H,16,18). The van der Waals surface area contributed by atoms with Crippen LogP contribution in [0.3, 0.4) is 0 Å². The SMILES string of the molecule is CCN(C(=O)NC(C)c1ccccc1)C1CCS(=O)(=O)C1. The first kappa shape index (κ1) is 15.8. The van der Waals surface area contributed by atoms with Gasteiger partial charge in [0.15, 0.2) is 9.84 Å². The first-order valence-electron chi connectivity index (χ1n) is 7.25. The van der Waals surface area contributed by atoms with E-state index in [-0.39, 0.29) is 29.6 Å². The van der Waals surface area contributed by atoms with Crippen LogP contribution < -0.4 is 5.32 Å². The average molecular weight is 310 g/mol. The first-order valence-corrected chi connectivity index (χ1v) is 9.07. The predicted molar refractivity (Wildman–Crippen MR) is 82.8 cm³/mol. The number of urea groups is 1.